The van der Waals surface area contributed by atoms with Crippen molar-refractivity contribution >= 4 is 17.7 Å². The summed E-state index contributed by atoms with van der Waals surface area (Å²) in [5.74, 6) is 0. The summed E-state index contributed by atoms with van der Waals surface area (Å²) >= 11 is 5.53. The van der Waals surface area contributed by atoms with E-state index in [0.717, 1.165) is 19.3 Å². The van der Waals surface area contributed by atoms with Crippen molar-refractivity contribution in [2.75, 3.05) is 0 Å². The number of unbranched alkanes of at least 4 members (excludes halogenated alkanes) is 1. The van der Waals surface area contributed by atoms with Gasteiger partial charge in [-0.1, -0.05) is 31.4 Å². The Labute approximate surface area is 59.9 Å². The van der Waals surface area contributed by atoms with Gasteiger partial charge in [-0.3, -0.25) is 0 Å². The molecule has 0 spiro atoms. The number of aliphatic imine (C=N–C) groups is 1. The molecule has 0 aromatic rings. The van der Waals surface area contributed by atoms with Gasteiger partial charge in [-0.15, -0.1) is 0 Å². The molecule has 0 saturated carbocycles. The lowest BCUT2D eigenvalue weighted by Gasteiger charge is -1.96. The van der Waals surface area contributed by atoms with Crippen molar-refractivity contribution in [1.29, 1.82) is 0 Å². The molecule has 0 rings (SSSR count). The summed E-state index contributed by atoms with van der Waals surface area (Å²) in [5.41, 5.74) is -0.359. The Morgan fingerprint density at radius 2 is 2.44 bits per heavy atom. The monoisotopic (exact) mass is 147 g/mol. The predicted octanol–water partition coefficient (Wildman–Crippen LogP) is 2.08. The molecule has 1 unspecified atom stereocenters. The van der Waals surface area contributed by atoms with Gasteiger partial charge in [-0.25, -0.2) is 4.79 Å². The van der Waals surface area contributed by atoms with Crippen LogP contribution in [0.1, 0.15) is 26.2 Å². The van der Waals surface area contributed by atoms with Crippen LogP contribution in [-0.2, 0) is 4.79 Å². The van der Waals surface area contributed by atoms with Gasteiger partial charge in [0.15, 0.2) is 0 Å². The highest BCUT2D eigenvalue weighted by atomic mass is 35.5. The van der Waals surface area contributed by atoms with Crippen LogP contribution in [0.4, 0.5) is 0 Å². The SMILES string of the molecule is CCCCC(Cl)N=C=O. The first-order chi connectivity index (χ1) is 4.31. The van der Waals surface area contributed by atoms with Crippen LogP contribution in [0.25, 0.3) is 0 Å². The normalized spacial score (nSPS) is 12.2. The Bertz CT molecular complexity index is 110. The maximum absolute atomic E-state index is 9.60. The molecule has 0 bridgehead atoms. The van der Waals surface area contributed by atoms with E-state index in [-0.39, 0.29) is 5.50 Å². The summed E-state index contributed by atoms with van der Waals surface area (Å²) in [5, 5.41) is 0. The quantitative estimate of drug-likeness (QED) is 0.259. The number of isocyanates is 1. The van der Waals surface area contributed by atoms with E-state index in [4.69, 9.17) is 11.6 Å². The fourth-order valence-corrected chi connectivity index (χ4v) is 0.688. The topological polar surface area (TPSA) is 29.4 Å². The lowest BCUT2D eigenvalue weighted by atomic mass is 10.2. The molecule has 0 aromatic carbocycles. The van der Waals surface area contributed by atoms with Crippen molar-refractivity contribution in [2.45, 2.75) is 31.7 Å². The zero-order valence-electron chi connectivity index (χ0n) is 5.43. The second-order valence-corrected chi connectivity index (χ2v) is 2.30. The first-order valence-corrected chi connectivity index (χ1v) is 3.46. The summed E-state index contributed by atoms with van der Waals surface area (Å²) in [6, 6.07) is 0. The number of nitrogens with zero attached hydrogens (tertiary/aromatic N) is 1. The molecule has 1 atom stereocenters. The molecule has 52 valence electrons. The predicted molar refractivity (Wildman–Crippen MR) is 37.3 cm³/mol. The van der Waals surface area contributed by atoms with Crippen LogP contribution < -0.4 is 0 Å². The van der Waals surface area contributed by atoms with Gasteiger partial charge in [0.05, 0.1) is 0 Å². The van der Waals surface area contributed by atoms with E-state index >= 15 is 0 Å². The van der Waals surface area contributed by atoms with Gasteiger partial charge in [-0.2, -0.15) is 4.99 Å². The van der Waals surface area contributed by atoms with Gasteiger partial charge >= 0.3 is 0 Å². The lowest BCUT2D eigenvalue weighted by Crippen LogP contribution is -1.91. The maximum Gasteiger partial charge on any atom is 0.236 e. The van der Waals surface area contributed by atoms with Crippen molar-refractivity contribution in [3.63, 3.8) is 0 Å². The number of hydrogen-bond acceptors (Lipinski definition) is 2. The zero-order valence-corrected chi connectivity index (χ0v) is 6.19. The molecule has 0 saturated heterocycles. The Balaban J connectivity index is 3.26. The molecule has 0 aromatic heterocycles. The Morgan fingerprint density at radius 1 is 1.78 bits per heavy atom. The number of halogens is 1. The summed E-state index contributed by atoms with van der Waals surface area (Å²) < 4.78 is 0. The van der Waals surface area contributed by atoms with E-state index in [1.165, 1.54) is 6.08 Å². The van der Waals surface area contributed by atoms with Crippen molar-refractivity contribution in [2.24, 2.45) is 4.99 Å². The average molecular weight is 148 g/mol. The van der Waals surface area contributed by atoms with E-state index in [9.17, 15) is 4.79 Å². The summed E-state index contributed by atoms with van der Waals surface area (Å²) in [4.78, 5) is 12.9. The minimum absolute atomic E-state index is 0.359. The molecular weight excluding hydrogens is 138 g/mol. The molecule has 0 N–H and O–H groups in total. The van der Waals surface area contributed by atoms with Crippen LogP contribution in [0.2, 0.25) is 0 Å². The average Bonchev–Trinajstić information content (AvgIpc) is 1.85. The number of hydrogen-bond donors (Lipinski definition) is 0. The molecule has 0 heterocycles. The second-order valence-electron chi connectivity index (χ2n) is 1.80. The molecule has 9 heavy (non-hydrogen) atoms. The number of rotatable bonds is 4. The molecule has 2 nitrogen and oxygen atoms in total. The van der Waals surface area contributed by atoms with Crippen LogP contribution in [0.3, 0.4) is 0 Å². The van der Waals surface area contributed by atoms with Crippen molar-refractivity contribution in [1.82, 2.24) is 0 Å². The maximum atomic E-state index is 9.60. The molecule has 3 heteroatoms. The summed E-state index contributed by atoms with van der Waals surface area (Å²) in [6.45, 7) is 2.06. The molecule has 0 aliphatic carbocycles. The third-order valence-electron chi connectivity index (χ3n) is 0.989. The molecule has 0 aliphatic rings. The van der Waals surface area contributed by atoms with Gasteiger partial charge < -0.3 is 0 Å². The van der Waals surface area contributed by atoms with Crippen LogP contribution in [-0.4, -0.2) is 11.6 Å². The minimum Gasteiger partial charge on any atom is -0.211 e. The van der Waals surface area contributed by atoms with E-state index in [0.29, 0.717) is 0 Å². The zero-order chi connectivity index (χ0) is 7.11. The van der Waals surface area contributed by atoms with Crippen LogP contribution in [0, 0.1) is 0 Å². The van der Waals surface area contributed by atoms with Crippen molar-refractivity contribution in [3.05, 3.63) is 0 Å². The Hall–Kier alpha value is -0.330. The highest BCUT2D eigenvalue weighted by Gasteiger charge is 1.97. The van der Waals surface area contributed by atoms with E-state index < -0.39 is 0 Å². The smallest absolute Gasteiger partial charge is 0.211 e. The van der Waals surface area contributed by atoms with Gasteiger partial charge in [0.2, 0.25) is 6.08 Å². The first kappa shape index (κ1) is 8.67. The third-order valence-corrected chi connectivity index (χ3v) is 1.30. The molecule has 0 fully saturated rings. The summed E-state index contributed by atoms with van der Waals surface area (Å²) in [7, 11) is 0. The molecule has 0 aliphatic heterocycles. The molecular formula is C6H10ClNO. The third kappa shape index (κ3) is 5.54. The van der Waals surface area contributed by atoms with Gasteiger partial charge in [0, 0.05) is 0 Å². The van der Waals surface area contributed by atoms with Crippen molar-refractivity contribution in [3.8, 4) is 0 Å². The fourth-order valence-electron chi connectivity index (χ4n) is 0.494. The van der Waals surface area contributed by atoms with E-state index in [1.54, 1.807) is 0 Å². The van der Waals surface area contributed by atoms with Gasteiger partial charge in [0.1, 0.15) is 5.50 Å². The summed E-state index contributed by atoms with van der Waals surface area (Å²) in [6.07, 6.45) is 4.28. The largest absolute Gasteiger partial charge is 0.236 e. The van der Waals surface area contributed by atoms with Crippen LogP contribution in [0.15, 0.2) is 4.99 Å². The number of carbonyl (C=O) groups excluding carboxylic acids is 1. The van der Waals surface area contributed by atoms with Gasteiger partial charge in [0.25, 0.3) is 0 Å². The molecule has 0 radical (unpaired) electrons. The highest BCUT2D eigenvalue weighted by molar-refractivity contribution is 6.20. The van der Waals surface area contributed by atoms with E-state index in [2.05, 4.69) is 11.9 Å². The number of alkyl halides is 1. The highest BCUT2D eigenvalue weighted by Crippen LogP contribution is 2.06. The van der Waals surface area contributed by atoms with Crippen molar-refractivity contribution < 1.29 is 4.79 Å². The van der Waals surface area contributed by atoms with Crippen LogP contribution in [0.5, 0.6) is 0 Å². The lowest BCUT2D eigenvalue weighted by molar-refractivity contribution is 0.559. The Morgan fingerprint density at radius 3 is 2.89 bits per heavy atom. The molecule has 0 amide bonds. The Kier molecular flexibility index (Phi) is 5.59. The fraction of sp³-hybridized carbons (Fsp3) is 0.833. The van der Waals surface area contributed by atoms with Crippen LogP contribution >= 0.6 is 11.6 Å². The van der Waals surface area contributed by atoms with Gasteiger partial charge in [-0.05, 0) is 6.42 Å². The second kappa shape index (κ2) is 5.80. The van der Waals surface area contributed by atoms with E-state index in [1.807, 2.05) is 0 Å². The minimum atomic E-state index is -0.359. The first-order valence-electron chi connectivity index (χ1n) is 3.02. The standard InChI is InChI=1S/C6H10ClNO/c1-2-3-4-6(7)8-5-9/h6H,2-4H2,1H3.